The molecule has 7 heteroatoms. The first kappa shape index (κ1) is 19.2. The molecule has 0 bridgehead atoms. The fourth-order valence-electron chi connectivity index (χ4n) is 2.92. The van der Waals surface area contributed by atoms with Gasteiger partial charge >= 0.3 is 0 Å². The van der Waals surface area contributed by atoms with E-state index >= 15 is 0 Å². The Balaban J connectivity index is 1.33. The van der Waals surface area contributed by atoms with Crippen LogP contribution in [0.1, 0.15) is 5.69 Å². The first-order valence-electron chi connectivity index (χ1n) is 9.04. The van der Waals surface area contributed by atoms with Crippen molar-refractivity contribution in [3.05, 3.63) is 60.4 Å². The molecule has 1 saturated heterocycles. The van der Waals surface area contributed by atoms with Crippen LogP contribution in [0, 0.1) is 0 Å². The lowest BCUT2D eigenvalue weighted by atomic mass is 10.2. The van der Waals surface area contributed by atoms with E-state index in [2.05, 4.69) is 27.3 Å². The number of para-hydroxylation sites is 1. The number of carbonyl (C=O) groups excluding carboxylic acids is 2. The summed E-state index contributed by atoms with van der Waals surface area (Å²) in [5, 5.41) is 2.72. The molecule has 3 rings (SSSR count). The largest absolute Gasteiger partial charge is 0.368 e. The molecule has 2 aromatic rings. The molecule has 0 saturated carbocycles. The maximum Gasteiger partial charge on any atom is 0.242 e. The fourth-order valence-corrected chi connectivity index (χ4v) is 3.69. The number of anilines is 1. The second-order valence-corrected chi connectivity index (χ2v) is 7.28. The Morgan fingerprint density at radius 3 is 2.44 bits per heavy atom. The number of aromatic nitrogens is 1. The van der Waals surface area contributed by atoms with E-state index in [0.717, 1.165) is 18.8 Å². The molecule has 142 valence electrons. The van der Waals surface area contributed by atoms with Crippen molar-refractivity contribution in [3.8, 4) is 0 Å². The Labute approximate surface area is 164 Å². The van der Waals surface area contributed by atoms with Gasteiger partial charge in [-0.3, -0.25) is 14.6 Å². The van der Waals surface area contributed by atoms with Crippen LogP contribution in [0.3, 0.4) is 0 Å². The number of nitrogens with zero attached hydrogens (tertiary/aromatic N) is 3. The van der Waals surface area contributed by atoms with Gasteiger partial charge < -0.3 is 15.1 Å². The van der Waals surface area contributed by atoms with Gasteiger partial charge in [0.1, 0.15) is 0 Å². The van der Waals surface area contributed by atoms with Crippen LogP contribution >= 0.6 is 11.8 Å². The predicted octanol–water partition coefficient (Wildman–Crippen LogP) is 1.78. The van der Waals surface area contributed by atoms with Crippen LogP contribution in [0.2, 0.25) is 0 Å². The Morgan fingerprint density at radius 1 is 1.00 bits per heavy atom. The summed E-state index contributed by atoms with van der Waals surface area (Å²) in [7, 11) is 0. The van der Waals surface area contributed by atoms with E-state index in [4.69, 9.17) is 0 Å². The van der Waals surface area contributed by atoms with Gasteiger partial charge in [-0.1, -0.05) is 24.3 Å². The third kappa shape index (κ3) is 5.99. The summed E-state index contributed by atoms with van der Waals surface area (Å²) < 4.78 is 0. The topological polar surface area (TPSA) is 65.5 Å². The Hall–Kier alpha value is -2.54. The van der Waals surface area contributed by atoms with Gasteiger partial charge in [0, 0.05) is 43.8 Å². The number of piperazine rings is 1. The van der Waals surface area contributed by atoms with Crippen LogP contribution in [-0.4, -0.2) is 60.2 Å². The Morgan fingerprint density at radius 2 is 1.74 bits per heavy atom. The number of nitrogens with one attached hydrogen (secondary N) is 1. The lowest BCUT2D eigenvalue weighted by Crippen LogP contribution is -2.51. The van der Waals surface area contributed by atoms with Crippen molar-refractivity contribution in [1.29, 1.82) is 0 Å². The predicted molar refractivity (Wildman–Crippen MR) is 109 cm³/mol. The Bertz CT molecular complexity index is 734. The van der Waals surface area contributed by atoms with Crippen LogP contribution in [0.15, 0.2) is 54.7 Å². The summed E-state index contributed by atoms with van der Waals surface area (Å²) in [6, 6.07) is 15.9. The van der Waals surface area contributed by atoms with E-state index < -0.39 is 0 Å². The summed E-state index contributed by atoms with van der Waals surface area (Å²) >= 11 is 1.49. The molecule has 0 aliphatic carbocycles. The minimum Gasteiger partial charge on any atom is -0.368 e. The molecule has 0 spiro atoms. The third-order valence-electron chi connectivity index (χ3n) is 4.40. The Kier molecular flexibility index (Phi) is 7.10. The normalized spacial score (nSPS) is 14.1. The molecular formula is C20H24N4O2S. The van der Waals surface area contributed by atoms with Crippen LogP contribution in [0.25, 0.3) is 0 Å². The second-order valence-electron chi connectivity index (χ2n) is 6.29. The first-order valence-corrected chi connectivity index (χ1v) is 10.2. The second kappa shape index (κ2) is 9.97. The van der Waals surface area contributed by atoms with Crippen LogP contribution in [0.4, 0.5) is 5.69 Å². The molecule has 1 aliphatic heterocycles. The molecule has 27 heavy (non-hydrogen) atoms. The third-order valence-corrected chi connectivity index (χ3v) is 5.37. The highest BCUT2D eigenvalue weighted by Crippen LogP contribution is 2.15. The zero-order valence-electron chi connectivity index (χ0n) is 15.2. The standard InChI is InChI=1S/C20H24N4O2S/c25-19(16-27-15-17-6-4-5-9-21-17)22-14-20(26)24-12-10-23(11-13-24)18-7-2-1-3-8-18/h1-9H,10-16H2,(H,22,25). The number of amides is 2. The smallest absolute Gasteiger partial charge is 0.242 e. The number of carbonyl (C=O) groups is 2. The number of pyridine rings is 1. The number of hydrogen-bond donors (Lipinski definition) is 1. The SMILES string of the molecule is O=C(CSCc1ccccn1)NCC(=O)N1CCN(c2ccccc2)CC1. The molecule has 1 aromatic heterocycles. The van der Waals surface area contributed by atoms with Gasteiger partial charge in [0.15, 0.2) is 0 Å². The van der Waals surface area contributed by atoms with Crippen molar-refractivity contribution >= 4 is 29.3 Å². The molecule has 0 atom stereocenters. The molecule has 2 heterocycles. The lowest BCUT2D eigenvalue weighted by Gasteiger charge is -2.36. The summed E-state index contributed by atoms with van der Waals surface area (Å²) in [4.78, 5) is 32.6. The van der Waals surface area contributed by atoms with Gasteiger partial charge in [0.2, 0.25) is 11.8 Å². The van der Waals surface area contributed by atoms with Gasteiger partial charge in [-0.05, 0) is 24.3 Å². The van der Waals surface area contributed by atoms with E-state index in [1.54, 1.807) is 6.20 Å². The molecular weight excluding hydrogens is 360 g/mol. The van der Waals surface area contributed by atoms with Crippen LogP contribution < -0.4 is 10.2 Å². The highest BCUT2D eigenvalue weighted by atomic mass is 32.2. The molecule has 1 fully saturated rings. The van der Waals surface area contributed by atoms with Crippen LogP contribution in [-0.2, 0) is 15.3 Å². The van der Waals surface area contributed by atoms with Gasteiger partial charge in [-0.2, -0.15) is 0 Å². The maximum absolute atomic E-state index is 12.3. The summed E-state index contributed by atoms with van der Waals surface area (Å²) in [5.74, 6) is 0.868. The van der Waals surface area contributed by atoms with E-state index in [1.165, 1.54) is 17.4 Å². The van der Waals surface area contributed by atoms with Gasteiger partial charge in [0.05, 0.1) is 18.0 Å². The monoisotopic (exact) mass is 384 g/mol. The quantitative estimate of drug-likeness (QED) is 0.788. The zero-order valence-corrected chi connectivity index (χ0v) is 16.0. The van der Waals surface area contributed by atoms with E-state index in [1.807, 2.05) is 41.3 Å². The zero-order chi connectivity index (χ0) is 18.9. The van der Waals surface area contributed by atoms with Crippen LogP contribution in [0.5, 0.6) is 0 Å². The summed E-state index contributed by atoms with van der Waals surface area (Å²) in [6.45, 7) is 3.04. The average Bonchev–Trinajstić information content (AvgIpc) is 2.73. The highest BCUT2D eigenvalue weighted by molar-refractivity contribution is 7.99. The van der Waals surface area contributed by atoms with Crippen molar-refractivity contribution in [2.45, 2.75) is 5.75 Å². The minimum absolute atomic E-state index is 0.0224. The molecule has 0 unspecified atom stereocenters. The number of hydrogen-bond acceptors (Lipinski definition) is 5. The van der Waals surface area contributed by atoms with Crippen molar-refractivity contribution in [2.75, 3.05) is 43.4 Å². The number of thioether (sulfide) groups is 1. The van der Waals surface area contributed by atoms with E-state index in [-0.39, 0.29) is 18.4 Å². The number of rotatable bonds is 7. The van der Waals surface area contributed by atoms with Gasteiger partial charge in [-0.25, -0.2) is 0 Å². The van der Waals surface area contributed by atoms with Crippen molar-refractivity contribution < 1.29 is 9.59 Å². The van der Waals surface area contributed by atoms with Crippen molar-refractivity contribution in [2.24, 2.45) is 0 Å². The first-order chi connectivity index (χ1) is 13.2. The van der Waals surface area contributed by atoms with Crippen molar-refractivity contribution in [3.63, 3.8) is 0 Å². The lowest BCUT2D eigenvalue weighted by molar-refractivity contribution is -0.132. The fraction of sp³-hybridized carbons (Fsp3) is 0.350. The molecule has 1 aliphatic rings. The number of benzene rings is 1. The van der Waals surface area contributed by atoms with Gasteiger partial charge in [0.25, 0.3) is 0 Å². The summed E-state index contributed by atoms with van der Waals surface area (Å²) in [6.07, 6.45) is 1.74. The maximum atomic E-state index is 12.3. The molecule has 0 radical (unpaired) electrons. The molecule has 6 nitrogen and oxygen atoms in total. The van der Waals surface area contributed by atoms with Gasteiger partial charge in [-0.15, -0.1) is 11.8 Å². The summed E-state index contributed by atoms with van der Waals surface area (Å²) in [5.41, 5.74) is 2.13. The molecule has 2 amide bonds. The molecule has 1 N–H and O–H groups in total. The average molecular weight is 385 g/mol. The highest BCUT2D eigenvalue weighted by Gasteiger charge is 2.21. The van der Waals surface area contributed by atoms with Crippen molar-refractivity contribution in [1.82, 2.24) is 15.2 Å². The van der Waals surface area contributed by atoms with E-state index in [0.29, 0.717) is 24.6 Å². The van der Waals surface area contributed by atoms with E-state index in [9.17, 15) is 9.59 Å². The molecule has 1 aromatic carbocycles. The minimum atomic E-state index is -0.118.